The highest BCUT2D eigenvalue weighted by Gasteiger charge is 2.14. The molecule has 0 amide bonds. The van der Waals surface area contributed by atoms with Crippen molar-refractivity contribution in [1.82, 2.24) is 14.6 Å². The first-order valence-corrected chi connectivity index (χ1v) is 6.65. The van der Waals surface area contributed by atoms with Crippen molar-refractivity contribution in [1.29, 1.82) is 0 Å². The first kappa shape index (κ1) is 13.4. The van der Waals surface area contributed by atoms with Crippen molar-refractivity contribution in [3.05, 3.63) is 51.4 Å². The van der Waals surface area contributed by atoms with Gasteiger partial charge in [-0.15, -0.1) is 5.10 Å². The lowest BCUT2D eigenvalue weighted by Gasteiger charge is -1.96. The van der Waals surface area contributed by atoms with Gasteiger partial charge in [-0.25, -0.2) is 9.18 Å². The van der Waals surface area contributed by atoms with Crippen molar-refractivity contribution in [2.75, 3.05) is 7.11 Å². The number of esters is 1. The molecule has 0 aliphatic heterocycles. The molecule has 2 aromatic heterocycles. The molecule has 8 heteroatoms. The highest BCUT2D eigenvalue weighted by atomic mass is 32.1. The molecule has 1 aromatic carbocycles. The van der Waals surface area contributed by atoms with E-state index in [2.05, 4.69) is 14.8 Å². The fourth-order valence-electron chi connectivity index (χ4n) is 1.73. The fourth-order valence-corrected chi connectivity index (χ4v) is 2.60. The number of aromatic nitrogens is 3. The largest absolute Gasteiger partial charge is 0.465 e. The number of ether oxygens (including phenoxy) is 1. The van der Waals surface area contributed by atoms with E-state index in [1.807, 2.05) is 0 Å². The Balaban J connectivity index is 2.16. The molecular formula is C13H8FN3O3S. The second-order valence-electron chi connectivity index (χ2n) is 4.08. The number of fused-ring (bicyclic) bond motifs is 1. The minimum Gasteiger partial charge on any atom is -0.465 e. The summed E-state index contributed by atoms with van der Waals surface area (Å²) >= 11 is 0.993. The van der Waals surface area contributed by atoms with Crippen LogP contribution in [0.25, 0.3) is 16.3 Å². The number of hydrogen-bond donors (Lipinski definition) is 0. The smallest absolute Gasteiger partial charge is 0.348 e. The van der Waals surface area contributed by atoms with Crippen LogP contribution in [0.3, 0.4) is 0 Å². The van der Waals surface area contributed by atoms with Crippen LogP contribution in [0.4, 0.5) is 4.39 Å². The summed E-state index contributed by atoms with van der Waals surface area (Å²) in [6.45, 7) is 0. The topological polar surface area (TPSA) is 73.6 Å². The first-order chi connectivity index (χ1) is 10.1. The van der Waals surface area contributed by atoms with Gasteiger partial charge in [0.25, 0.3) is 5.56 Å². The normalized spacial score (nSPS) is 10.8. The van der Waals surface area contributed by atoms with E-state index in [9.17, 15) is 14.0 Å². The van der Waals surface area contributed by atoms with Crippen molar-refractivity contribution in [3.63, 3.8) is 0 Å². The summed E-state index contributed by atoms with van der Waals surface area (Å²) in [6, 6.07) is 6.73. The van der Waals surface area contributed by atoms with Crippen molar-refractivity contribution in [2.45, 2.75) is 0 Å². The molecule has 0 atom stereocenters. The van der Waals surface area contributed by atoms with Crippen molar-refractivity contribution < 1.29 is 13.9 Å². The number of methoxy groups -OCH3 is 1. The lowest BCUT2D eigenvalue weighted by Crippen LogP contribution is -2.14. The first-order valence-electron chi connectivity index (χ1n) is 5.83. The second kappa shape index (κ2) is 5.06. The van der Waals surface area contributed by atoms with Crippen molar-refractivity contribution >= 4 is 22.3 Å². The minimum absolute atomic E-state index is 0.146. The molecular weight excluding hydrogens is 297 g/mol. The van der Waals surface area contributed by atoms with E-state index in [1.54, 1.807) is 0 Å². The Morgan fingerprint density at radius 1 is 1.33 bits per heavy atom. The lowest BCUT2D eigenvalue weighted by molar-refractivity contribution is 0.0606. The van der Waals surface area contributed by atoms with E-state index in [1.165, 1.54) is 31.4 Å². The Kier molecular flexibility index (Phi) is 3.22. The standard InChI is InChI=1S/C13H8FN3O3S/c1-20-12(19)9-6-10(18)17-13(21-9)15-11(16-17)7-2-4-8(14)5-3-7/h2-6H,1H3. The predicted octanol–water partition coefficient (Wildman–Crippen LogP) is 1.74. The van der Waals surface area contributed by atoms with E-state index in [0.29, 0.717) is 5.56 Å². The highest BCUT2D eigenvalue weighted by molar-refractivity contribution is 7.18. The third kappa shape index (κ3) is 2.40. The zero-order chi connectivity index (χ0) is 15.0. The second-order valence-corrected chi connectivity index (χ2v) is 5.09. The third-order valence-corrected chi connectivity index (χ3v) is 3.68. The Morgan fingerprint density at radius 3 is 2.71 bits per heavy atom. The van der Waals surface area contributed by atoms with Gasteiger partial charge in [-0.1, -0.05) is 11.3 Å². The van der Waals surface area contributed by atoms with Crippen LogP contribution < -0.4 is 5.56 Å². The maximum absolute atomic E-state index is 12.9. The van der Waals surface area contributed by atoms with Crippen molar-refractivity contribution in [3.8, 4) is 11.4 Å². The quantitative estimate of drug-likeness (QED) is 0.674. The molecule has 0 bridgehead atoms. The number of rotatable bonds is 2. The summed E-state index contributed by atoms with van der Waals surface area (Å²) in [5, 5.41) is 4.07. The van der Waals surface area contributed by atoms with E-state index in [-0.39, 0.29) is 21.5 Å². The molecule has 0 aliphatic carbocycles. The maximum atomic E-state index is 12.9. The maximum Gasteiger partial charge on any atom is 0.348 e. The number of nitrogens with zero attached hydrogens (tertiary/aromatic N) is 3. The molecule has 0 saturated carbocycles. The summed E-state index contributed by atoms with van der Waals surface area (Å²) in [4.78, 5) is 28.0. The van der Waals surface area contributed by atoms with Gasteiger partial charge >= 0.3 is 5.97 Å². The van der Waals surface area contributed by atoms with Gasteiger partial charge in [0, 0.05) is 11.6 Å². The highest BCUT2D eigenvalue weighted by Crippen LogP contribution is 2.19. The van der Waals surface area contributed by atoms with Gasteiger partial charge < -0.3 is 4.74 Å². The van der Waals surface area contributed by atoms with E-state index in [0.717, 1.165) is 21.9 Å². The van der Waals surface area contributed by atoms with Gasteiger partial charge in [0.15, 0.2) is 5.82 Å². The lowest BCUT2D eigenvalue weighted by atomic mass is 10.2. The summed E-state index contributed by atoms with van der Waals surface area (Å²) in [6.07, 6.45) is 0. The molecule has 2 heterocycles. The van der Waals surface area contributed by atoms with Crippen molar-refractivity contribution in [2.24, 2.45) is 0 Å². The van der Waals surface area contributed by atoms with Gasteiger partial charge in [0.05, 0.1) is 7.11 Å². The van der Waals surface area contributed by atoms with Crippen LogP contribution >= 0.6 is 11.3 Å². The summed E-state index contributed by atoms with van der Waals surface area (Å²) < 4.78 is 18.6. The van der Waals surface area contributed by atoms with E-state index >= 15 is 0 Å². The van der Waals surface area contributed by atoms with Crippen LogP contribution in [0.1, 0.15) is 9.67 Å². The van der Waals surface area contributed by atoms with Gasteiger partial charge in [-0.3, -0.25) is 4.79 Å². The molecule has 0 fully saturated rings. The number of carbonyl (C=O) groups excluding carboxylic acids is 1. The predicted molar refractivity (Wildman–Crippen MR) is 73.9 cm³/mol. The molecule has 0 saturated heterocycles. The Morgan fingerprint density at radius 2 is 2.05 bits per heavy atom. The third-order valence-electron chi connectivity index (χ3n) is 2.73. The molecule has 3 rings (SSSR count). The van der Waals surface area contributed by atoms with Crippen LogP contribution in [-0.4, -0.2) is 27.7 Å². The van der Waals surface area contributed by atoms with Crippen LogP contribution in [0.15, 0.2) is 35.1 Å². The monoisotopic (exact) mass is 305 g/mol. The zero-order valence-corrected chi connectivity index (χ0v) is 11.6. The fraction of sp³-hybridized carbons (Fsp3) is 0.0769. The Bertz CT molecular complexity index is 886. The van der Waals surface area contributed by atoms with Gasteiger partial charge in [0.1, 0.15) is 10.7 Å². The Hall–Kier alpha value is -2.61. The summed E-state index contributed by atoms with van der Waals surface area (Å²) in [7, 11) is 1.23. The zero-order valence-electron chi connectivity index (χ0n) is 10.7. The summed E-state index contributed by atoms with van der Waals surface area (Å²) in [5.41, 5.74) is 0.0938. The van der Waals surface area contributed by atoms with E-state index in [4.69, 9.17) is 0 Å². The van der Waals surface area contributed by atoms with Crippen LogP contribution in [0.2, 0.25) is 0 Å². The Labute approximate surface area is 121 Å². The SMILES string of the molecule is COC(=O)c1cc(=O)n2nc(-c3ccc(F)cc3)nc2s1. The number of hydrogen-bond acceptors (Lipinski definition) is 6. The molecule has 0 spiro atoms. The minimum atomic E-state index is -0.606. The average Bonchev–Trinajstić information content (AvgIpc) is 2.91. The molecule has 3 aromatic rings. The van der Waals surface area contributed by atoms with Crippen LogP contribution in [0.5, 0.6) is 0 Å². The van der Waals surface area contributed by atoms with E-state index < -0.39 is 11.5 Å². The molecule has 106 valence electrons. The van der Waals surface area contributed by atoms with Gasteiger partial charge in [0.2, 0.25) is 4.96 Å². The molecule has 0 N–H and O–H groups in total. The summed E-state index contributed by atoms with van der Waals surface area (Å²) in [5.74, 6) is -0.695. The van der Waals surface area contributed by atoms with Gasteiger partial charge in [-0.05, 0) is 24.3 Å². The number of carbonyl (C=O) groups is 1. The molecule has 0 radical (unpaired) electrons. The van der Waals surface area contributed by atoms with Gasteiger partial charge in [-0.2, -0.15) is 9.50 Å². The molecule has 0 unspecified atom stereocenters. The average molecular weight is 305 g/mol. The van der Waals surface area contributed by atoms with Crippen LogP contribution in [0, 0.1) is 5.82 Å². The molecule has 6 nitrogen and oxygen atoms in total. The number of benzene rings is 1. The molecule has 0 aliphatic rings. The number of halogens is 1. The van der Waals surface area contributed by atoms with Crippen LogP contribution in [-0.2, 0) is 4.74 Å². The molecule has 21 heavy (non-hydrogen) atoms.